The molecule has 0 aromatic carbocycles. The van der Waals surface area contributed by atoms with Crippen molar-refractivity contribution in [3.8, 4) is 0 Å². The van der Waals surface area contributed by atoms with Gasteiger partial charge in [-0.25, -0.2) is 0 Å². The molecule has 1 rings (SSSR count). The van der Waals surface area contributed by atoms with Gasteiger partial charge < -0.3 is 4.74 Å². The SMILES string of the molecule is CCCCC(=O)COC1=C(C)C(=O)CC(=O)C1(C)C. The lowest BCUT2D eigenvalue weighted by molar-refractivity contribution is -0.135. The van der Waals surface area contributed by atoms with Crippen molar-refractivity contribution < 1.29 is 19.1 Å². The zero-order chi connectivity index (χ0) is 14.6. The zero-order valence-corrected chi connectivity index (χ0v) is 12.2. The Kier molecular flexibility index (Phi) is 5.04. The second kappa shape index (κ2) is 6.13. The molecule has 0 N–H and O–H groups in total. The summed E-state index contributed by atoms with van der Waals surface area (Å²) in [4.78, 5) is 35.2. The van der Waals surface area contributed by atoms with Gasteiger partial charge in [-0.2, -0.15) is 0 Å². The third kappa shape index (κ3) is 3.52. The van der Waals surface area contributed by atoms with E-state index in [2.05, 4.69) is 0 Å². The zero-order valence-electron chi connectivity index (χ0n) is 12.2. The lowest BCUT2D eigenvalue weighted by Gasteiger charge is -2.31. The average molecular weight is 266 g/mol. The van der Waals surface area contributed by atoms with Crippen molar-refractivity contribution in [3.05, 3.63) is 11.3 Å². The quantitative estimate of drug-likeness (QED) is 0.693. The van der Waals surface area contributed by atoms with Crippen molar-refractivity contribution in [2.45, 2.75) is 53.4 Å². The molecule has 1 aliphatic carbocycles. The number of rotatable bonds is 6. The molecule has 0 bridgehead atoms. The molecule has 0 fully saturated rings. The van der Waals surface area contributed by atoms with Gasteiger partial charge in [0.2, 0.25) is 0 Å². The highest BCUT2D eigenvalue weighted by atomic mass is 16.5. The molecule has 4 nitrogen and oxygen atoms in total. The van der Waals surface area contributed by atoms with Crippen LogP contribution in [0, 0.1) is 5.41 Å². The monoisotopic (exact) mass is 266 g/mol. The number of unbranched alkanes of at least 4 members (excludes halogenated alkanes) is 1. The molecule has 4 heteroatoms. The standard InChI is InChI=1S/C15H22O4/c1-5-6-7-11(16)9-19-14-10(2)12(17)8-13(18)15(14,3)4/h5-9H2,1-4H3. The highest BCUT2D eigenvalue weighted by Gasteiger charge is 2.41. The van der Waals surface area contributed by atoms with Crippen LogP contribution in [0.5, 0.6) is 0 Å². The van der Waals surface area contributed by atoms with E-state index in [9.17, 15) is 14.4 Å². The maximum atomic E-state index is 11.9. The number of ether oxygens (including phenoxy) is 1. The fraction of sp³-hybridized carbons (Fsp3) is 0.667. The minimum Gasteiger partial charge on any atom is -0.489 e. The average Bonchev–Trinajstić information content (AvgIpc) is 2.34. The first-order valence-electron chi connectivity index (χ1n) is 6.73. The van der Waals surface area contributed by atoms with Crippen LogP contribution in [0.3, 0.4) is 0 Å². The van der Waals surface area contributed by atoms with Crippen LogP contribution >= 0.6 is 0 Å². The summed E-state index contributed by atoms with van der Waals surface area (Å²) in [5, 5.41) is 0. The Morgan fingerprint density at radius 1 is 1.32 bits per heavy atom. The van der Waals surface area contributed by atoms with Gasteiger partial charge in [-0.1, -0.05) is 13.3 Å². The molecule has 0 aromatic rings. The smallest absolute Gasteiger partial charge is 0.170 e. The van der Waals surface area contributed by atoms with Gasteiger partial charge in [-0.15, -0.1) is 0 Å². The number of hydrogen-bond acceptors (Lipinski definition) is 4. The van der Waals surface area contributed by atoms with E-state index >= 15 is 0 Å². The Hall–Kier alpha value is -1.45. The van der Waals surface area contributed by atoms with Gasteiger partial charge in [-0.3, -0.25) is 14.4 Å². The lowest BCUT2D eigenvalue weighted by Crippen LogP contribution is -2.36. The van der Waals surface area contributed by atoms with Gasteiger partial charge in [0.05, 0.1) is 11.8 Å². The van der Waals surface area contributed by atoms with E-state index in [4.69, 9.17) is 4.74 Å². The molecule has 0 saturated heterocycles. The summed E-state index contributed by atoms with van der Waals surface area (Å²) in [7, 11) is 0. The Morgan fingerprint density at radius 2 is 1.95 bits per heavy atom. The Labute approximate surface area is 114 Å². The van der Waals surface area contributed by atoms with Crippen LogP contribution in [-0.2, 0) is 19.1 Å². The maximum Gasteiger partial charge on any atom is 0.170 e. The van der Waals surface area contributed by atoms with Gasteiger partial charge in [0.15, 0.2) is 17.3 Å². The third-order valence-corrected chi connectivity index (χ3v) is 3.53. The van der Waals surface area contributed by atoms with E-state index < -0.39 is 5.41 Å². The summed E-state index contributed by atoms with van der Waals surface area (Å²) in [5.41, 5.74) is -0.351. The number of Topliss-reactive ketones (excluding diaryl/α,β-unsaturated/α-hetero) is 3. The van der Waals surface area contributed by atoms with Crippen LogP contribution in [-0.4, -0.2) is 24.0 Å². The van der Waals surface area contributed by atoms with Crippen molar-refractivity contribution in [1.29, 1.82) is 0 Å². The molecule has 0 amide bonds. The highest BCUT2D eigenvalue weighted by Crippen LogP contribution is 2.36. The number of hydrogen-bond donors (Lipinski definition) is 0. The summed E-state index contributed by atoms with van der Waals surface area (Å²) >= 11 is 0. The molecular weight excluding hydrogens is 244 g/mol. The van der Waals surface area contributed by atoms with Crippen molar-refractivity contribution in [2.24, 2.45) is 5.41 Å². The Morgan fingerprint density at radius 3 is 2.53 bits per heavy atom. The minimum atomic E-state index is -0.816. The van der Waals surface area contributed by atoms with Crippen LogP contribution < -0.4 is 0 Å². The number of carbonyl (C=O) groups excluding carboxylic acids is 3. The molecular formula is C15H22O4. The van der Waals surface area contributed by atoms with Crippen LogP contribution in [0.25, 0.3) is 0 Å². The van der Waals surface area contributed by atoms with E-state index in [1.165, 1.54) is 0 Å². The van der Waals surface area contributed by atoms with Crippen LogP contribution in [0.2, 0.25) is 0 Å². The summed E-state index contributed by atoms with van der Waals surface area (Å²) in [5.74, 6) is 0.00135. The molecule has 0 aromatic heterocycles. The molecule has 19 heavy (non-hydrogen) atoms. The summed E-state index contributed by atoms with van der Waals surface area (Å²) in [6.45, 7) is 7.08. The number of ketones is 3. The van der Waals surface area contributed by atoms with Crippen LogP contribution in [0.1, 0.15) is 53.4 Å². The van der Waals surface area contributed by atoms with Gasteiger partial charge in [0, 0.05) is 12.0 Å². The van der Waals surface area contributed by atoms with Gasteiger partial charge >= 0.3 is 0 Å². The van der Waals surface area contributed by atoms with Crippen molar-refractivity contribution >= 4 is 17.3 Å². The summed E-state index contributed by atoms with van der Waals surface area (Å²) in [6, 6.07) is 0. The van der Waals surface area contributed by atoms with Gasteiger partial charge in [-0.05, 0) is 27.2 Å². The molecule has 106 valence electrons. The van der Waals surface area contributed by atoms with Gasteiger partial charge in [0.1, 0.15) is 12.4 Å². The van der Waals surface area contributed by atoms with Crippen LogP contribution in [0.15, 0.2) is 11.3 Å². The van der Waals surface area contributed by atoms with E-state index in [-0.39, 0.29) is 30.4 Å². The second-order valence-electron chi connectivity index (χ2n) is 5.53. The van der Waals surface area contributed by atoms with Crippen LogP contribution in [0.4, 0.5) is 0 Å². The first-order chi connectivity index (χ1) is 8.80. The third-order valence-electron chi connectivity index (χ3n) is 3.53. The lowest BCUT2D eigenvalue weighted by atomic mass is 9.76. The molecule has 0 spiro atoms. The molecule has 0 atom stereocenters. The minimum absolute atomic E-state index is 0.00317. The predicted molar refractivity (Wildman–Crippen MR) is 71.6 cm³/mol. The van der Waals surface area contributed by atoms with E-state index in [1.54, 1.807) is 20.8 Å². The van der Waals surface area contributed by atoms with Gasteiger partial charge in [0.25, 0.3) is 0 Å². The summed E-state index contributed by atoms with van der Waals surface area (Å²) < 4.78 is 5.50. The Bertz CT molecular complexity index is 429. The molecule has 0 heterocycles. The fourth-order valence-electron chi connectivity index (χ4n) is 2.11. The van der Waals surface area contributed by atoms with Crippen molar-refractivity contribution in [1.82, 2.24) is 0 Å². The topological polar surface area (TPSA) is 60.4 Å². The predicted octanol–water partition coefficient (Wildman–Crippen LogP) is 2.60. The first kappa shape index (κ1) is 15.6. The summed E-state index contributed by atoms with van der Waals surface area (Å²) in [6.07, 6.45) is 2.19. The second-order valence-corrected chi connectivity index (χ2v) is 5.53. The molecule has 0 saturated carbocycles. The normalized spacial score (nSPS) is 18.7. The Balaban J connectivity index is 2.79. The number of carbonyl (C=O) groups is 3. The van der Waals surface area contributed by atoms with Crippen molar-refractivity contribution in [3.63, 3.8) is 0 Å². The van der Waals surface area contributed by atoms with E-state index in [0.717, 1.165) is 12.8 Å². The number of allylic oxidation sites excluding steroid dienone is 2. The van der Waals surface area contributed by atoms with E-state index in [1.807, 2.05) is 6.92 Å². The highest BCUT2D eigenvalue weighted by molar-refractivity contribution is 6.13. The first-order valence-corrected chi connectivity index (χ1v) is 6.73. The molecule has 0 aliphatic heterocycles. The maximum absolute atomic E-state index is 11.9. The fourth-order valence-corrected chi connectivity index (χ4v) is 2.11. The molecule has 1 aliphatic rings. The largest absolute Gasteiger partial charge is 0.489 e. The van der Waals surface area contributed by atoms with E-state index in [0.29, 0.717) is 17.8 Å². The molecule has 0 unspecified atom stereocenters. The van der Waals surface area contributed by atoms with Crippen molar-refractivity contribution in [2.75, 3.05) is 6.61 Å². The molecule has 0 radical (unpaired) electrons.